The number of likely N-dealkylation sites (tertiary alicyclic amines) is 1. The summed E-state index contributed by atoms with van der Waals surface area (Å²) < 4.78 is 33.1. The fraction of sp³-hybridized carbons (Fsp3) is 0.667. The molecule has 2 rings (SSSR count). The van der Waals surface area contributed by atoms with Crippen LogP contribution in [0.15, 0.2) is 9.31 Å². The lowest BCUT2D eigenvalue weighted by Gasteiger charge is -2.13. The molecule has 3 N–H and O–H groups in total. The van der Waals surface area contributed by atoms with Crippen LogP contribution in [0.1, 0.15) is 23.5 Å². The lowest BCUT2D eigenvalue weighted by atomic mass is 10.2. The minimum absolute atomic E-state index is 0.0461. The molecule has 19 heavy (non-hydrogen) atoms. The Bertz CT molecular complexity index is 565. The van der Waals surface area contributed by atoms with E-state index in [0.717, 1.165) is 19.5 Å². The Morgan fingerprint density at radius 2 is 2.11 bits per heavy atom. The standard InChI is InChI=1S/C12H21N3O3S/c1-8-11(6-13)12(9(2)18-8)19(16,17)14-10-4-5-15(3)7-10/h10,14H,4-7,13H2,1-3H3. The topological polar surface area (TPSA) is 88.6 Å². The Labute approximate surface area is 114 Å². The molecule has 0 radical (unpaired) electrons. The molecular weight excluding hydrogens is 266 g/mol. The normalized spacial score (nSPS) is 21.2. The Kier molecular flexibility index (Phi) is 4.00. The third-order valence-electron chi connectivity index (χ3n) is 3.51. The third kappa shape index (κ3) is 2.84. The first kappa shape index (κ1) is 14.5. The number of likely N-dealkylation sites (N-methyl/N-ethyl adjacent to an activating group) is 1. The van der Waals surface area contributed by atoms with Crippen LogP contribution in [0.3, 0.4) is 0 Å². The Hall–Kier alpha value is -0.890. The Morgan fingerprint density at radius 1 is 1.42 bits per heavy atom. The second-order valence-corrected chi connectivity index (χ2v) is 6.75. The molecule has 0 bridgehead atoms. The number of sulfonamides is 1. The van der Waals surface area contributed by atoms with Gasteiger partial charge in [0, 0.05) is 24.7 Å². The van der Waals surface area contributed by atoms with Crippen molar-refractivity contribution in [3.63, 3.8) is 0 Å². The zero-order chi connectivity index (χ0) is 14.2. The number of nitrogens with zero attached hydrogens (tertiary/aromatic N) is 1. The molecule has 0 aliphatic carbocycles. The van der Waals surface area contributed by atoms with Crippen LogP contribution < -0.4 is 10.5 Å². The molecule has 0 saturated carbocycles. The van der Waals surface area contributed by atoms with E-state index in [0.29, 0.717) is 17.1 Å². The third-order valence-corrected chi connectivity index (χ3v) is 5.23. The van der Waals surface area contributed by atoms with Gasteiger partial charge in [-0.1, -0.05) is 0 Å². The van der Waals surface area contributed by atoms with E-state index < -0.39 is 10.0 Å². The van der Waals surface area contributed by atoms with Crippen LogP contribution >= 0.6 is 0 Å². The lowest BCUT2D eigenvalue weighted by molar-refractivity contribution is 0.407. The van der Waals surface area contributed by atoms with Gasteiger partial charge in [0.15, 0.2) is 0 Å². The highest BCUT2D eigenvalue weighted by molar-refractivity contribution is 7.89. The van der Waals surface area contributed by atoms with E-state index in [1.807, 2.05) is 7.05 Å². The van der Waals surface area contributed by atoms with Gasteiger partial charge in [0.05, 0.1) is 0 Å². The number of nitrogens with two attached hydrogens (primary N) is 1. The van der Waals surface area contributed by atoms with Gasteiger partial charge in [-0.2, -0.15) is 0 Å². The van der Waals surface area contributed by atoms with Gasteiger partial charge in [-0.25, -0.2) is 13.1 Å². The van der Waals surface area contributed by atoms with Crippen molar-refractivity contribution >= 4 is 10.0 Å². The van der Waals surface area contributed by atoms with E-state index in [1.54, 1.807) is 13.8 Å². The molecule has 0 spiro atoms. The molecule has 2 heterocycles. The first-order chi connectivity index (χ1) is 8.85. The molecule has 7 heteroatoms. The van der Waals surface area contributed by atoms with Gasteiger partial charge in [-0.05, 0) is 33.9 Å². The van der Waals surface area contributed by atoms with Gasteiger partial charge in [-0.3, -0.25) is 0 Å². The molecule has 1 aliphatic heterocycles. The average molecular weight is 287 g/mol. The fourth-order valence-corrected chi connectivity index (χ4v) is 4.33. The van der Waals surface area contributed by atoms with Gasteiger partial charge in [0.25, 0.3) is 0 Å². The van der Waals surface area contributed by atoms with E-state index in [-0.39, 0.29) is 17.5 Å². The highest BCUT2D eigenvalue weighted by Crippen LogP contribution is 2.26. The molecule has 1 unspecified atom stereocenters. The minimum Gasteiger partial charge on any atom is -0.465 e. The van der Waals surface area contributed by atoms with Crippen LogP contribution in [0.25, 0.3) is 0 Å². The van der Waals surface area contributed by atoms with E-state index in [2.05, 4.69) is 9.62 Å². The Balaban J connectivity index is 2.29. The fourth-order valence-electron chi connectivity index (χ4n) is 2.61. The van der Waals surface area contributed by atoms with Crippen molar-refractivity contribution in [2.75, 3.05) is 20.1 Å². The van der Waals surface area contributed by atoms with Crippen LogP contribution in [-0.2, 0) is 16.6 Å². The predicted molar refractivity (Wildman–Crippen MR) is 72.3 cm³/mol. The summed E-state index contributed by atoms with van der Waals surface area (Å²) in [5.41, 5.74) is 6.20. The monoisotopic (exact) mass is 287 g/mol. The SMILES string of the molecule is Cc1oc(C)c(S(=O)(=O)NC2CCN(C)C2)c1CN. The van der Waals surface area contributed by atoms with Crippen molar-refractivity contribution in [2.24, 2.45) is 5.73 Å². The summed E-state index contributed by atoms with van der Waals surface area (Å²) in [6, 6.07) is -0.0461. The van der Waals surface area contributed by atoms with E-state index in [1.165, 1.54) is 0 Å². The number of hydrogen-bond donors (Lipinski definition) is 2. The molecule has 1 fully saturated rings. The van der Waals surface area contributed by atoms with E-state index >= 15 is 0 Å². The summed E-state index contributed by atoms with van der Waals surface area (Å²) >= 11 is 0. The molecule has 0 amide bonds. The van der Waals surface area contributed by atoms with Crippen LogP contribution in [0.2, 0.25) is 0 Å². The van der Waals surface area contributed by atoms with Crippen molar-refractivity contribution in [1.29, 1.82) is 0 Å². The van der Waals surface area contributed by atoms with E-state index in [9.17, 15) is 8.42 Å². The predicted octanol–water partition coefficient (Wildman–Crippen LogP) is 0.338. The lowest BCUT2D eigenvalue weighted by Crippen LogP contribution is -2.37. The molecule has 1 saturated heterocycles. The van der Waals surface area contributed by atoms with Crippen LogP contribution in [0, 0.1) is 13.8 Å². The quantitative estimate of drug-likeness (QED) is 0.833. The van der Waals surface area contributed by atoms with Gasteiger partial charge >= 0.3 is 0 Å². The van der Waals surface area contributed by atoms with Crippen molar-refractivity contribution < 1.29 is 12.8 Å². The van der Waals surface area contributed by atoms with Crippen LogP contribution in [0.4, 0.5) is 0 Å². The summed E-state index contributed by atoms with van der Waals surface area (Å²) in [4.78, 5) is 2.31. The van der Waals surface area contributed by atoms with Crippen molar-refractivity contribution in [3.8, 4) is 0 Å². The Morgan fingerprint density at radius 3 is 2.63 bits per heavy atom. The zero-order valence-corrected chi connectivity index (χ0v) is 12.4. The van der Waals surface area contributed by atoms with Gasteiger partial charge in [0.1, 0.15) is 16.4 Å². The maximum atomic E-state index is 12.5. The smallest absolute Gasteiger partial charge is 0.244 e. The summed E-state index contributed by atoms with van der Waals surface area (Å²) in [5, 5.41) is 0. The number of rotatable bonds is 4. The average Bonchev–Trinajstić information content (AvgIpc) is 2.81. The van der Waals surface area contributed by atoms with Gasteiger partial charge in [-0.15, -0.1) is 0 Å². The van der Waals surface area contributed by atoms with E-state index in [4.69, 9.17) is 10.2 Å². The van der Waals surface area contributed by atoms with Crippen molar-refractivity contribution in [1.82, 2.24) is 9.62 Å². The maximum absolute atomic E-state index is 12.5. The van der Waals surface area contributed by atoms with Crippen molar-refractivity contribution in [2.45, 2.75) is 37.8 Å². The second-order valence-electron chi connectivity index (χ2n) is 5.10. The summed E-state index contributed by atoms with van der Waals surface area (Å²) in [5.74, 6) is 0.973. The highest BCUT2D eigenvalue weighted by atomic mass is 32.2. The second kappa shape index (κ2) is 5.24. The zero-order valence-electron chi connectivity index (χ0n) is 11.6. The molecule has 6 nitrogen and oxygen atoms in total. The molecule has 1 atom stereocenters. The number of hydrogen-bond acceptors (Lipinski definition) is 5. The molecule has 1 aromatic heterocycles. The number of furan rings is 1. The number of aryl methyl sites for hydroxylation is 2. The first-order valence-corrected chi connectivity index (χ1v) is 7.83. The molecular formula is C12H21N3O3S. The summed E-state index contributed by atoms with van der Waals surface area (Å²) in [7, 11) is -1.59. The number of nitrogens with one attached hydrogen (secondary N) is 1. The largest absolute Gasteiger partial charge is 0.465 e. The summed E-state index contributed by atoms with van der Waals surface area (Å²) in [6.45, 7) is 5.18. The van der Waals surface area contributed by atoms with Crippen LogP contribution in [-0.4, -0.2) is 39.5 Å². The molecule has 1 aromatic rings. The molecule has 1 aliphatic rings. The minimum atomic E-state index is -3.57. The van der Waals surface area contributed by atoms with Gasteiger partial charge in [0.2, 0.25) is 10.0 Å². The van der Waals surface area contributed by atoms with Crippen molar-refractivity contribution in [3.05, 3.63) is 17.1 Å². The molecule has 108 valence electrons. The van der Waals surface area contributed by atoms with Gasteiger partial charge < -0.3 is 15.1 Å². The summed E-state index contributed by atoms with van der Waals surface area (Å²) in [6.07, 6.45) is 0.823. The first-order valence-electron chi connectivity index (χ1n) is 6.35. The highest BCUT2D eigenvalue weighted by Gasteiger charge is 2.30. The maximum Gasteiger partial charge on any atom is 0.244 e. The molecule has 0 aromatic carbocycles. The van der Waals surface area contributed by atoms with Crippen LogP contribution in [0.5, 0.6) is 0 Å².